The first kappa shape index (κ1) is 18.0. The number of hydrogen-bond donors (Lipinski definition) is 2. The van der Waals surface area contributed by atoms with Crippen LogP contribution in [0.5, 0.6) is 5.75 Å². The van der Waals surface area contributed by atoms with Gasteiger partial charge in [-0.15, -0.1) is 0 Å². The van der Waals surface area contributed by atoms with Gasteiger partial charge >= 0.3 is 0 Å². The zero-order valence-corrected chi connectivity index (χ0v) is 14.7. The Bertz CT molecular complexity index is 660. The second-order valence-electron chi connectivity index (χ2n) is 6.88. The molecule has 2 amide bonds. The summed E-state index contributed by atoms with van der Waals surface area (Å²) in [5, 5.41) is 6.64. The lowest BCUT2D eigenvalue weighted by Gasteiger charge is -2.23. The Kier molecular flexibility index (Phi) is 5.59. The van der Waals surface area contributed by atoms with Crippen molar-refractivity contribution in [3.05, 3.63) is 29.3 Å². The zero-order valence-electron chi connectivity index (χ0n) is 14.7. The summed E-state index contributed by atoms with van der Waals surface area (Å²) in [6.45, 7) is 6.95. The number of carbonyl (C=O) groups is 2. The SMILES string of the molecule is COc1ccc(CCNC(=O)C2=NNC(=O)CC2)cc1C(C)(C)C. The quantitative estimate of drug-likeness (QED) is 0.865. The molecule has 1 heterocycles. The number of hydrogen-bond acceptors (Lipinski definition) is 4. The predicted octanol–water partition coefficient (Wildman–Crippen LogP) is 1.92. The highest BCUT2D eigenvalue weighted by Crippen LogP contribution is 2.32. The van der Waals surface area contributed by atoms with Gasteiger partial charge < -0.3 is 10.1 Å². The second-order valence-corrected chi connectivity index (χ2v) is 6.88. The molecule has 1 aliphatic heterocycles. The van der Waals surface area contributed by atoms with Gasteiger partial charge in [0.15, 0.2) is 0 Å². The summed E-state index contributed by atoms with van der Waals surface area (Å²) in [5.74, 6) is 0.502. The van der Waals surface area contributed by atoms with E-state index in [-0.39, 0.29) is 17.2 Å². The van der Waals surface area contributed by atoms with Crippen LogP contribution in [-0.4, -0.2) is 31.2 Å². The summed E-state index contributed by atoms with van der Waals surface area (Å²) >= 11 is 0. The molecule has 1 aromatic rings. The van der Waals surface area contributed by atoms with Gasteiger partial charge in [0.1, 0.15) is 11.5 Å². The van der Waals surface area contributed by atoms with Gasteiger partial charge in [-0.2, -0.15) is 5.10 Å². The lowest BCUT2D eigenvalue weighted by molar-refractivity contribution is -0.121. The minimum Gasteiger partial charge on any atom is -0.496 e. The molecule has 0 aliphatic carbocycles. The standard InChI is InChI=1S/C18H25N3O3/c1-18(2,3)13-11-12(5-7-15(13)24-4)9-10-19-17(23)14-6-8-16(22)21-20-14/h5,7,11H,6,8-10H2,1-4H3,(H,19,23)(H,21,22). The molecule has 2 rings (SSSR count). The number of amides is 2. The third kappa shape index (κ3) is 4.57. The number of nitrogens with zero attached hydrogens (tertiary/aromatic N) is 1. The van der Waals surface area contributed by atoms with Crippen LogP contribution in [0, 0.1) is 0 Å². The van der Waals surface area contributed by atoms with E-state index in [1.807, 2.05) is 12.1 Å². The van der Waals surface area contributed by atoms with E-state index in [2.05, 4.69) is 42.7 Å². The lowest BCUT2D eigenvalue weighted by atomic mass is 9.85. The van der Waals surface area contributed by atoms with Crippen LogP contribution in [0.1, 0.15) is 44.7 Å². The van der Waals surface area contributed by atoms with Gasteiger partial charge in [0, 0.05) is 19.4 Å². The number of methoxy groups -OCH3 is 1. The molecule has 0 bridgehead atoms. The van der Waals surface area contributed by atoms with Crippen molar-refractivity contribution in [2.24, 2.45) is 5.10 Å². The Labute approximate surface area is 142 Å². The van der Waals surface area contributed by atoms with Crippen molar-refractivity contribution >= 4 is 17.5 Å². The van der Waals surface area contributed by atoms with Crippen molar-refractivity contribution in [2.45, 2.75) is 45.4 Å². The molecule has 0 saturated heterocycles. The fourth-order valence-corrected chi connectivity index (χ4v) is 2.56. The first-order valence-corrected chi connectivity index (χ1v) is 8.12. The molecule has 1 aromatic carbocycles. The van der Waals surface area contributed by atoms with Gasteiger partial charge in [0.05, 0.1) is 7.11 Å². The zero-order chi connectivity index (χ0) is 17.7. The van der Waals surface area contributed by atoms with Crippen LogP contribution in [0.4, 0.5) is 0 Å². The van der Waals surface area contributed by atoms with E-state index in [9.17, 15) is 9.59 Å². The molecule has 24 heavy (non-hydrogen) atoms. The molecule has 0 radical (unpaired) electrons. The summed E-state index contributed by atoms with van der Waals surface area (Å²) in [6, 6.07) is 6.11. The number of nitrogens with one attached hydrogen (secondary N) is 2. The van der Waals surface area contributed by atoms with Gasteiger partial charge in [-0.3, -0.25) is 9.59 Å². The van der Waals surface area contributed by atoms with E-state index >= 15 is 0 Å². The van der Waals surface area contributed by atoms with E-state index in [1.165, 1.54) is 0 Å². The van der Waals surface area contributed by atoms with Gasteiger partial charge in [-0.1, -0.05) is 32.9 Å². The fourth-order valence-electron chi connectivity index (χ4n) is 2.56. The van der Waals surface area contributed by atoms with Crippen LogP contribution in [0.3, 0.4) is 0 Å². The molecule has 6 heteroatoms. The molecule has 0 atom stereocenters. The highest BCUT2D eigenvalue weighted by Gasteiger charge is 2.20. The summed E-state index contributed by atoms with van der Waals surface area (Å²) in [7, 11) is 1.67. The molecule has 0 unspecified atom stereocenters. The normalized spacial score (nSPS) is 14.7. The molecular formula is C18H25N3O3. The van der Waals surface area contributed by atoms with Crippen molar-refractivity contribution in [2.75, 3.05) is 13.7 Å². The average Bonchev–Trinajstić information content (AvgIpc) is 2.54. The molecular weight excluding hydrogens is 306 g/mol. The minimum absolute atomic E-state index is 0.0142. The highest BCUT2D eigenvalue weighted by molar-refractivity contribution is 6.39. The largest absolute Gasteiger partial charge is 0.496 e. The Morgan fingerprint density at radius 2 is 2.08 bits per heavy atom. The first-order chi connectivity index (χ1) is 11.3. The number of hydrazone groups is 1. The van der Waals surface area contributed by atoms with Crippen LogP contribution >= 0.6 is 0 Å². The Balaban J connectivity index is 1.95. The van der Waals surface area contributed by atoms with Crippen LogP contribution in [0.25, 0.3) is 0 Å². The molecule has 0 spiro atoms. The van der Waals surface area contributed by atoms with Crippen molar-refractivity contribution in [1.29, 1.82) is 0 Å². The summed E-state index contributed by atoms with van der Waals surface area (Å²) in [5.41, 5.74) is 4.98. The van der Waals surface area contributed by atoms with Gasteiger partial charge in [0.25, 0.3) is 5.91 Å². The van der Waals surface area contributed by atoms with Gasteiger partial charge in [-0.25, -0.2) is 5.43 Å². The average molecular weight is 331 g/mol. The van der Waals surface area contributed by atoms with Crippen molar-refractivity contribution < 1.29 is 14.3 Å². The lowest BCUT2D eigenvalue weighted by Crippen LogP contribution is -2.37. The van der Waals surface area contributed by atoms with Gasteiger partial charge in [-0.05, 0) is 29.0 Å². The van der Waals surface area contributed by atoms with Crippen LogP contribution in [-0.2, 0) is 21.4 Å². The number of ether oxygens (including phenoxy) is 1. The smallest absolute Gasteiger partial charge is 0.267 e. The Morgan fingerprint density at radius 3 is 2.67 bits per heavy atom. The van der Waals surface area contributed by atoms with Crippen molar-refractivity contribution in [1.82, 2.24) is 10.7 Å². The Hall–Kier alpha value is -2.37. The molecule has 2 N–H and O–H groups in total. The van der Waals surface area contributed by atoms with Crippen molar-refractivity contribution in [3.63, 3.8) is 0 Å². The molecule has 0 aromatic heterocycles. The third-order valence-electron chi connectivity index (χ3n) is 3.94. The minimum atomic E-state index is -0.223. The maximum absolute atomic E-state index is 12.0. The summed E-state index contributed by atoms with van der Waals surface area (Å²) in [4.78, 5) is 23.0. The second kappa shape index (κ2) is 7.47. The molecule has 0 fully saturated rings. The molecule has 1 aliphatic rings. The number of benzene rings is 1. The predicted molar refractivity (Wildman–Crippen MR) is 93.2 cm³/mol. The Morgan fingerprint density at radius 1 is 1.33 bits per heavy atom. The number of carbonyl (C=O) groups excluding carboxylic acids is 2. The van der Waals surface area contributed by atoms with Crippen molar-refractivity contribution in [3.8, 4) is 5.75 Å². The third-order valence-corrected chi connectivity index (χ3v) is 3.94. The maximum Gasteiger partial charge on any atom is 0.267 e. The van der Waals surface area contributed by atoms with Crippen LogP contribution < -0.4 is 15.5 Å². The van der Waals surface area contributed by atoms with E-state index in [0.717, 1.165) is 23.3 Å². The summed E-state index contributed by atoms with van der Waals surface area (Å²) in [6.07, 6.45) is 1.41. The monoisotopic (exact) mass is 331 g/mol. The van der Waals surface area contributed by atoms with E-state index in [1.54, 1.807) is 7.11 Å². The first-order valence-electron chi connectivity index (χ1n) is 8.12. The molecule has 130 valence electrons. The topological polar surface area (TPSA) is 79.8 Å². The van der Waals surface area contributed by atoms with E-state index in [4.69, 9.17) is 4.74 Å². The molecule has 0 saturated carbocycles. The van der Waals surface area contributed by atoms with E-state index < -0.39 is 0 Å². The number of rotatable bonds is 5. The fraction of sp³-hybridized carbons (Fsp3) is 0.500. The highest BCUT2D eigenvalue weighted by atomic mass is 16.5. The van der Waals surface area contributed by atoms with Crippen LogP contribution in [0.15, 0.2) is 23.3 Å². The maximum atomic E-state index is 12.0. The van der Waals surface area contributed by atoms with E-state index in [0.29, 0.717) is 25.1 Å². The van der Waals surface area contributed by atoms with Crippen LogP contribution in [0.2, 0.25) is 0 Å². The summed E-state index contributed by atoms with van der Waals surface area (Å²) < 4.78 is 5.44. The molecule has 6 nitrogen and oxygen atoms in total. The van der Waals surface area contributed by atoms with Gasteiger partial charge in [0.2, 0.25) is 5.91 Å².